The number of aryl methyl sites for hydroxylation is 1. The average molecular weight is 266 g/mol. The lowest BCUT2D eigenvalue weighted by molar-refractivity contribution is 0.216. The van der Waals surface area contributed by atoms with Crippen LogP contribution in [0.15, 0.2) is 18.2 Å². The van der Waals surface area contributed by atoms with Gasteiger partial charge in [-0.3, -0.25) is 0 Å². The maximum atomic E-state index is 12.1. The van der Waals surface area contributed by atoms with E-state index in [4.69, 9.17) is 4.74 Å². The first-order chi connectivity index (χ1) is 8.61. The minimum atomic E-state index is -0.0271. The summed E-state index contributed by atoms with van der Waals surface area (Å²) < 4.78 is 5.15. The number of amides is 2. The maximum absolute atomic E-state index is 12.1. The predicted molar refractivity (Wildman–Crippen MR) is 75.4 cm³/mol. The van der Waals surface area contributed by atoms with Gasteiger partial charge in [0.25, 0.3) is 0 Å². The Morgan fingerprint density at radius 1 is 1.56 bits per heavy atom. The first-order valence-corrected chi connectivity index (χ1v) is 7.00. The van der Waals surface area contributed by atoms with E-state index in [1.54, 1.807) is 18.9 Å². The monoisotopic (exact) mass is 266 g/mol. The van der Waals surface area contributed by atoms with Crippen LogP contribution in [-0.4, -0.2) is 35.7 Å². The zero-order valence-corrected chi connectivity index (χ0v) is 11.7. The summed E-state index contributed by atoms with van der Waals surface area (Å²) in [5, 5.41) is 3.21. The lowest BCUT2D eigenvalue weighted by Crippen LogP contribution is -2.36. The van der Waals surface area contributed by atoms with Crippen molar-refractivity contribution in [2.75, 3.05) is 24.7 Å². The van der Waals surface area contributed by atoms with Crippen LogP contribution in [0.5, 0.6) is 5.75 Å². The van der Waals surface area contributed by atoms with Crippen LogP contribution in [0.1, 0.15) is 12.5 Å². The molecule has 18 heavy (non-hydrogen) atoms. The normalized spacial score (nSPS) is 18.8. The van der Waals surface area contributed by atoms with Crippen LogP contribution in [-0.2, 0) is 0 Å². The van der Waals surface area contributed by atoms with Crippen molar-refractivity contribution in [1.82, 2.24) is 4.90 Å². The van der Waals surface area contributed by atoms with Crippen LogP contribution in [0, 0.1) is 6.92 Å². The molecule has 1 N–H and O–H groups in total. The SMILES string of the molecule is COc1ccc(NC(=O)N2CCSC2C)c(C)c1. The van der Waals surface area contributed by atoms with Crippen molar-refractivity contribution in [3.8, 4) is 5.75 Å². The Balaban J connectivity index is 2.07. The topological polar surface area (TPSA) is 41.6 Å². The van der Waals surface area contributed by atoms with Crippen LogP contribution < -0.4 is 10.1 Å². The van der Waals surface area contributed by atoms with Crippen molar-refractivity contribution in [2.45, 2.75) is 19.2 Å². The molecule has 1 aliphatic rings. The van der Waals surface area contributed by atoms with Crippen molar-refractivity contribution in [1.29, 1.82) is 0 Å². The van der Waals surface area contributed by atoms with Gasteiger partial charge in [0.05, 0.1) is 12.5 Å². The molecule has 1 heterocycles. The molecule has 5 heteroatoms. The van der Waals surface area contributed by atoms with Crippen LogP contribution in [0.25, 0.3) is 0 Å². The molecule has 0 spiro atoms. The van der Waals surface area contributed by atoms with Gasteiger partial charge in [-0.05, 0) is 37.6 Å². The average Bonchev–Trinajstić information content (AvgIpc) is 2.78. The fraction of sp³-hybridized carbons (Fsp3) is 0.462. The number of benzene rings is 1. The predicted octanol–water partition coefficient (Wildman–Crippen LogP) is 2.93. The van der Waals surface area contributed by atoms with Gasteiger partial charge in [0, 0.05) is 18.0 Å². The molecular weight excluding hydrogens is 248 g/mol. The number of carbonyl (C=O) groups excluding carboxylic acids is 1. The molecule has 1 aromatic rings. The fourth-order valence-electron chi connectivity index (χ4n) is 1.95. The number of nitrogens with one attached hydrogen (secondary N) is 1. The molecule has 0 radical (unpaired) electrons. The Kier molecular flexibility index (Phi) is 4.01. The third-order valence-electron chi connectivity index (χ3n) is 3.07. The molecule has 0 saturated carbocycles. The zero-order chi connectivity index (χ0) is 13.1. The molecule has 1 unspecified atom stereocenters. The van der Waals surface area contributed by atoms with Gasteiger partial charge >= 0.3 is 6.03 Å². The highest BCUT2D eigenvalue weighted by molar-refractivity contribution is 8.00. The molecule has 4 nitrogen and oxygen atoms in total. The molecule has 1 aromatic carbocycles. The minimum absolute atomic E-state index is 0.0271. The van der Waals surface area contributed by atoms with E-state index in [9.17, 15) is 4.79 Å². The smallest absolute Gasteiger partial charge is 0.322 e. The van der Waals surface area contributed by atoms with E-state index in [0.29, 0.717) is 0 Å². The number of ether oxygens (including phenoxy) is 1. The van der Waals surface area contributed by atoms with Crippen molar-refractivity contribution in [3.05, 3.63) is 23.8 Å². The third kappa shape index (κ3) is 2.72. The van der Waals surface area contributed by atoms with Crippen LogP contribution >= 0.6 is 11.8 Å². The Labute approximate surface area is 112 Å². The van der Waals surface area contributed by atoms with Crippen LogP contribution in [0.3, 0.4) is 0 Å². The third-order valence-corrected chi connectivity index (χ3v) is 4.22. The van der Waals surface area contributed by atoms with E-state index in [-0.39, 0.29) is 11.4 Å². The number of rotatable bonds is 2. The van der Waals surface area contributed by atoms with Crippen molar-refractivity contribution >= 4 is 23.5 Å². The summed E-state index contributed by atoms with van der Waals surface area (Å²) in [4.78, 5) is 14.0. The van der Waals surface area contributed by atoms with Gasteiger partial charge in [0.2, 0.25) is 0 Å². The van der Waals surface area contributed by atoms with Gasteiger partial charge in [0.15, 0.2) is 0 Å². The molecule has 1 saturated heterocycles. The quantitative estimate of drug-likeness (QED) is 0.895. The number of methoxy groups -OCH3 is 1. The maximum Gasteiger partial charge on any atom is 0.322 e. The number of hydrogen-bond acceptors (Lipinski definition) is 3. The van der Waals surface area contributed by atoms with Crippen molar-refractivity contribution in [3.63, 3.8) is 0 Å². The van der Waals surface area contributed by atoms with Gasteiger partial charge in [0.1, 0.15) is 5.75 Å². The van der Waals surface area contributed by atoms with Gasteiger partial charge in [-0.15, -0.1) is 11.8 Å². The number of hydrogen-bond donors (Lipinski definition) is 1. The summed E-state index contributed by atoms with van der Waals surface area (Å²) in [6, 6.07) is 5.61. The first kappa shape index (κ1) is 13.1. The van der Waals surface area contributed by atoms with E-state index in [0.717, 1.165) is 29.3 Å². The molecule has 98 valence electrons. The highest BCUT2D eigenvalue weighted by atomic mass is 32.2. The highest BCUT2D eigenvalue weighted by Gasteiger charge is 2.25. The number of nitrogens with zero attached hydrogens (tertiary/aromatic N) is 1. The first-order valence-electron chi connectivity index (χ1n) is 5.95. The van der Waals surface area contributed by atoms with Crippen molar-refractivity contribution < 1.29 is 9.53 Å². The highest BCUT2D eigenvalue weighted by Crippen LogP contribution is 2.25. The Bertz CT molecular complexity index is 451. The summed E-state index contributed by atoms with van der Waals surface area (Å²) in [5.74, 6) is 1.81. The van der Waals surface area contributed by atoms with Gasteiger partial charge < -0.3 is 15.0 Å². The Hall–Kier alpha value is -1.36. The minimum Gasteiger partial charge on any atom is -0.497 e. The second-order valence-electron chi connectivity index (χ2n) is 4.27. The van der Waals surface area contributed by atoms with E-state index in [2.05, 4.69) is 12.2 Å². The summed E-state index contributed by atoms with van der Waals surface area (Å²) >= 11 is 1.80. The molecular formula is C13H18N2O2S. The Morgan fingerprint density at radius 2 is 2.33 bits per heavy atom. The van der Waals surface area contributed by atoms with Gasteiger partial charge in [-0.25, -0.2) is 4.79 Å². The molecule has 1 aliphatic heterocycles. The molecule has 1 fully saturated rings. The fourth-order valence-corrected chi connectivity index (χ4v) is 2.97. The summed E-state index contributed by atoms with van der Waals surface area (Å²) in [6.45, 7) is 4.82. The van der Waals surface area contributed by atoms with Gasteiger partial charge in [-0.1, -0.05) is 0 Å². The lowest BCUT2D eigenvalue weighted by atomic mass is 10.2. The lowest BCUT2D eigenvalue weighted by Gasteiger charge is -2.21. The number of urea groups is 1. The summed E-state index contributed by atoms with van der Waals surface area (Å²) in [7, 11) is 1.64. The van der Waals surface area contributed by atoms with E-state index in [1.807, 2.05) is 30.0 Å². The molecule has 0 aliphatic carbocycles. The van der Waals surface area contributed by atoms with E-state index >= 15 is 0 Å². The van der Waals surface area contributed by atoms with Crippen LogP contribution in [0.4, 0.5) is 10.5 Å². The molecule has 0 bridgehead atoms. The Morgan fingerprint density at radius 3 is 2.89 bits per heavy atom. The molecule has 2 rings (SSSR count). The second kappa shape index (κ2) is 5.52. The summed E-state index contributed by atoms with van der Waals surface area (Å²) in [6.07, 6.45) is 0. The number of thioether (sulfide) groups is 1. The standard InChI is InChI=1S/C13H18N2O2S/c1-9-8-11(17-3)4-5-12(9)14-13(16)15-6-7-18-10(15)2/h4-5,8,10H,6-7H2,1-3H3,(H,14,16). The molecule has 2 amide bonds. The van der Waals surface area contributed by atoms with E-state index < -0.39 is 0 Å². The number of carbonyl (C=O) groups is 1. The number of anilines is 1. The zero-order valence-electron chi connectivity index (χ0n) is 10.9. The van der Waals surface area contributed by atoms with Crippen LogP contribution in [0.2, 0.25) is 0 Å². The summed E-state index contributed by atoms with van der Waals surface area (Å²) in [5.41, 5.74) is 1.84. The molecule has 1 atom stereocenters. The largest absolute Gasteiger partial charge is 0.497 e. The van der Waals surface area contributed by atoms with Crippen molar-refractivity contribution in [2.24, 2.45) is 0 Å². The second-order valence-corrected chi connectivity index (χ2v) is 5.70. The molecule has 0 aromatic heterocycles. The van der Waals surface area contributed by atoms with E-state index in [1.165, 1.54) is 0 Å². The van der Waals surface area contributed by atoms with Gasteiger partial charge in [-0.2, -0.15) is 0 Å².